The largest absolute Gasteiger partial charge is 0.357 e. The van der Waals surface area contributed by atoms with Gasteiger partial charge in [0, 0.05) is 43.8 Å². The van der Waals surface area contributed by atoms with Crippen molar-refractivity contribution in [1.82, 2.24) is 14.9 Å². The molecule has 5 nitrogen and oxygen atoms in total. The van der Waals surface area contributed by atoms with Gasteiger partial charge < -0.3 is 14.8 Å². The van der Waals surface area contributed by atoms with Crippen LogP contribution in [0.5, 0.6) is 0 Å². The number of rotatable bonds is 4. The highest BCUT2D eigenvalue weighted by Crippen LogP contribution is 2.29. The van der Waals surface area contributed by atoms with Crippen LogP contribution in [-0.4, -0.2) is 28.5 Å². The van der Waals surface area contributed by atoms with E-state index < -0.39 is 0 Å². The van der Waals surface area contributed by atoms with Crippen LogP contribution < -0.4 is 10.2 Å². The third-order valence-corrected chi connectivity index (χ3v) is 6.01. The van der Waals surface area contributed by atoms with Gasteiger partial charge >= 0.3 is 0 Å². The van der Waals surface area contributed by atoms with Gasteiger partial charge in [0.2, 0.25) is 0 Å². The number of aryl methyl sites for hydroxylation is 1. The van der Waals surface area contributed by atoms with Gasteiger partial charge in [-0.15, -0.1) is 0 Å². The number of nitrogens with zero attached hydrogens (tertiary/aromatic N) is 3. The predicted molar refractivity (Wildman–Crippen MR) is 114 cm³/mol. The summed E-state index contributed by atoms with van der Waals surface area (Å²) in [4.78, 5) is 19.7. The Morgan fingerprint density at radius 2 is 1.96 bits per heavy atom. The van der Waals surface area contributed by atoms with Gasteiger partial charge in [-0.05, 0) is 36.5 Å². The number of nitrogens with one attached hydrogen (secondary N) is 1. The SMILES string of the molecule is CC1CCN(c2ccc(CNC(=O)c3c(Cl)c4ccccc4n3C)cn2)CC1. The van der Waals surface area contributed by atoms with E-state index in [0.717, 1.165) is 41.3 Å². The summed E-state index contributed by atoms with van der Waals surface area (Å²) in [6.45, 7) is 4.84. The van der Waals surface area contributed by atoms with Crippen LogP contribution in [0.3, 0.4) is 0 Å². The van der Waals surface area contributed by atoms with Crippen molar-refractivity contribution >= 4 is 34.2 Å². The van der Waals surface area contributed by atoms with Crippen molar-refractivity contribution in [3.8, 4) is 0 Å². The highest BCUT2D eigenvalue weighted by molar-refractivity contribution is 6.38. The minimum atomic E-state index is -0.183. The van der Waals surface area contributed by atoms with Crippen molar-refractivity contribution in [2.75, 3.05) is 18.0 Å². The van der Waals surface area contributed by atoms with Crippen molar-refractivity contribution in [3.63, 3.8) is 0 Å². The van der Waals surface area contributed by atoms with Crippen molar-refractivity contribution in [3.05, 3.63) is 58.9 Å². The third-order valence-electron chi connectivity index (χ3n) is 5.63. The fraction of sp³-hybridized carbons (Fsp3) is 0.364. The molecule has 0 saturated carbocycles. The highest BCUT2D eigenvalue weighted by Gasteiger charge is 2.20. The molecule has 3 aromatic rings. The van der Waals surface area contributed by atoms with Gasteiger partial charge in [0.15, 0.2) is 0 Å². The highest BCUT2D eigenvalue weighted by atomic mass is 35.5. The third kappa shape index (κ3) is 3.59. The van der Waals surface area contributed by atoms with Crippen LogP contribution in [0, 0.1) is 5.92 Å². The molecule has 1 N–H and O–H groups in total. The molecular formula is C22H25ClN4O. The van der Waals surface area contributed by atoms with Crippen LogP contribution in [0.15, 0.2) is 42.6 Å². The van der Waals surface area contributed by atoms with Crippen LogP contribution in [0.4, 0.5) is 5.82 Å². The first-order chi connectivity index (χ1) is 13.5. The molecule has 1 saturated heterocycles. The molecule has 0 bridgehead atoms. The summed E-state index contributed by atoms with van der Waals surface area (Å²) in [7, 11) is 1.86. The summed E-state index contributed by atoms with van der Waals surface area (Å²) in [6.07, 6.45) is 4.27. The van der Waals surface area contributed by atoms with Crippen molar-refractivity contribution in [1.29, 1.82) is 0 Å². The Morgan fingerprint density at radius 1 is 1.21 bits per heavy atom. The second-order valence-corrected chi connectivity index (χ2v) is 7.99. The molecule has 3 heterocycles. The first kappa shape index (κ1) is 18.8. The van der Waals surface area contributed by atoms with Gasteiger partial charge in [0.25, 0.3) is 5.91 Å². The van der Waals surface area contributed by atoms with E-state index in [1.165, 1.54) is 12.8 Å². The molecule has 0 aliphatic carbocycles. The molecule has 0 spiro atoms. The average molecular weight is 397 g/mol. The molecule has 1 aliphatic rings. The number of benzene rings is 1. The Balaban J connectivity index is 1.43. The zero-order valence-electron chi connectivity index (χ0n) is 16.3. The molecular weight excluding hydrogens is 372 g/mol. The molecule has 2 aromatic heterocycles. The lowest BCUT2D eigenvalue weighted by Gasteiger charge is -2.31. The number of hydrogen-bond acceptors (Lipinski definition) is 3. The second kappa shape index (κ2) is 7.84. The van der Waals surface area contributed by atoms with E-state index in [-0.39, 0.29) is 5.91 Å². The molecule has 1 amide bonds. The Morgan fingerprint density at radius 3 is 2.64 bits per heavy atom. The maximum absolute atomic E-state index is 12.7. The molecule has 0 unspecified atom stereocenters. The monoisotopic (exact) mass is 396 g/mol. The first-order valence-corrected chi connectivity index (χ1v) is 10.1. The minimum absolute atomic E-state index is 0.183. The number of halogens is 1. The number of anilines is 1. The van der Waals surface area contributed by atoms with Crippen molar-refractivity contribution in [2.24, 2.45) is 13.0 Å². The van der Waals surface area contributed by atoms with Gasteiger partial charge in [-0.1, -0.05) is 42.8 Å². The summed E-state index contributed by atoms with van der Waals surface area (Å²) < 4.78 is 1.84. The lowest BCUT2D eigenvalue weighted by molar-refractivity contribution is 0.0943. The molecule has 28 heavy (non-hydrogen) atoms. The Labute approximate surface area is 170 Å². The van der Waals surface area contributed by atoms with E-state index in [1.807, 2.05) is 54.2 Å². The van der Waals surface area contributed by atoms with Crippen LogP contribution >= 0.6 is 11.6 Å². The molecule has 0 atom stereocenters. The Hall–Kier alpha value is -2.53. The standard InChI is InChI=1S/C22H25ClN4O/c1-15-9-11-27(12-10-15)19-8-7-16(13-24-19)14-25-22(28)21-20(23)17-5-3-4-6-18(17)26(21)2/h3-8,13,15H,9-12,14H2,1-2H3,(H,25,28). The lowest BCUT2D eigenvalue weighted by atomic mass is 9.99. The molecule has 1 aliphatic heterocycles. The van der Waals surface area contributed by atoms with Gasteiger partial charge in [0.05, 0.1) is 5.02 Å². The normalized spacial score (nSPS) is 15.2. The number of hydrogen-bond donors (Lipinski definition) is 1. The van der Waals surface area contributed by atoms with Crippen LogP contribution in [0.25, 0.3) is 10.9 Å². The molecule has 0 radical (unpaired) electrons. The number of aromatic nitrogens is 2. The summed E-state index contributed by atoms with van der Waals surface area (Å²) in [6, 6.07) is 11.8. The van der Waals surface area contributed by atoms with E-state index in [9.17, 15) is 4.79 Å². The predicted octanol–water partition coefficient (Wildman–Crippen LogP) is 4.39. The summed E-state index contributed by atoms with van der Waals surface area (Å²) >= 11 is 6.46. The smallest absolute Gasteiger partial charge is 0.269 e. The van der Waals surface area contributed by atoms with Crippen LogP contribution in [0.1, 0.15) is 35.8 Å². The van der Waals surface area contributed by atoms with Crippen LogP contribution in [0.2, 0.25) is 5.02 Å². The van der Waals surface area contributed by atoms with Crippen molar-refractivity contribution < 1.29 is 4.79 Å². The van der Waals surface area contributed by atoms with E-state index in [2.05, 4.69) is 22.1 Å². The van der Waals surface area contributed by atoms with E-state index >= 15 is 0 Å². The number of pyridine rings is 1. The topological polar surface area (TPSA) is 50.2 Å². The van der Waals surface area contributed by atoms with Crippen molar-refractivity contribution in [2.45, 2.75) is 26.3 Å². The molecule has 146 valence electrons. The van der Waals surface area contributed by atoms with E-state index in [0.29, 0.717) is 17.3 Å². The lowest BCUT2D eigenvalue weighted by Crippen LogP contribution is -2.33. The Kier molecular flexibility index (Phi) is 5.27. The first-order valence-electron chi connectivity index (χ1n) is 9.75. The number of carbonyl (C=O) groups excluding carboxylic acids is 1. The maximum atomic E-state index is 12.7. The molecule has 1 aromatic carbocycles. The summed E-state index contributed by atoms with van der Waals surface area (Å²) in [5.41, 5.74) is 2.40. The van der Waals surface area contributed by atoms with E-state index in [1.54, 1.807) is 0 Å². The van der Waals surface area contributed by atoms with Gasteiger partial charge in [-0.2, -0.15) is 0 Å². The molecule has 1 fully saturated rings. The Bertz CT molecular complexity index is 949. The van der Waals surface area contributed by atoms with Gasteiger partial charge in [-0.3, -0.25) is 4.79 Å². The van der Waals surface area contributed by atoms with Gasteiger partial charge in [0.1, 0.15) is 11.5 Å². The summed E-state index contributed by atoms with van der Waals surface area (Å²) in [5.74, 6) is 1.63. The molecule has 6 heteroatoms. The average Bonchev–Trinajstić information content (AvgIpc) is 2.98. The maximum Gasteiger partial charge on any atom is 0.269 e. The summed E-state index contributed by atoms with van der Waals surface area (Å²) in [5, 5.41) is 4.34. The second-order valence-electron chi connectivity index (χ2n) is 7.62. The van der Waals surface area contributed by atoms with E-state index in [4.69, 9.17) is 11.6 Å². The minimum Gasteiger partial charge on any atom is -0.357 e. The number of fused-ring (bicyclic) bond motifs is 1. The quantitative estimate of drug-likeness (QED) is 0.711. The number of para-hydroxylation sites is 1. The zero-order valence-corrected chi connectivity index (χ0v) is 17.0. The zero-order chi connectivity index (χ0) is 19.7. The number of amides is 1. The number of carbonyl (C=O) groups is 1. The van der Waals surface area contributed by atoms with Crippen LogP contribution in [-0.2, 0) is 13.6 Å². The molecule has 4 rings (SSSR count). The van der Waals surface area contributed by atoms with Gasteiger partial charge in [-0.25, -0.2) is 4.98 Å². The fourth-order valence-corrected chi connectivity index (χ4v) is 4.18. The number of piperidine rings is 1. The fourth-order valence-electron chi connectivity index (χ4n) is 3.81.